The van der Waals surface area contributed by atoms with E-state index >= 15 is 0 Å². The third kappa shape index (κ3) is 4.32. The van der Waals surface area contributed by atoms with Crippen molar-refractivity contribution in [1.82, 2.24) is 4.98 Å². The van der Waals surface area contributed by atoms with E-state index in [4.69, 9.17) is 16.3 Å². The van der Waals surface area contributed by atoms with E-state index in [-0.39, 0.29) is 12.3 Å². The first kappa shape index (κ1) is 17.3. The number of hydrogen-bond donors (Lipinski definition) is 0. The maximum absolute atomic E-state index is 12.3. The topological polar surface area (TPSA) is 51.5 Å². The van der Waals surface area contributed by atoms with Gasteiger partial charge in [-0.15, -0.1) is 11.3 Å². The van der Waals surface area contributed by atoms with Gasteiger partial charge < -0.3 is 4.74 Å². The van der Waals surface area contributed by atoms with E-state index in [1.54, 1.807) is 25.6 Å². The summed E-state index contributed by atoms with van der Waals surface area (Å²) in [5.74, 6) is 0.713. The molecule has 126 valence electrons. The van der Waals surface area contributed by atoms with Crippen LogP contribution in [0, 0.1) is 0 Å². The van der Waals surface area contributed by atoms with Gasteiger partial charge >= 0.3 is 0 Å². The Kier molecular flexibility index (Phi) is 5.58. The second kappa shape index (κ2) is 8.05. The van der Waals surface area contributed by atoms with Crippen molar-refractivity contribution in [3.63, 3.8) is 0 Å². The van der Waals surface area contributed by atoms with Crippen molar-refractivity contribution in [3.8, 4) is 16.3 Å². The predicted octanol–water partition coefficient (Wildman–Crippen LogP) is 4.77. The molecule has 1 heterocycles. The normalized spacial score (nSPS) is 11.0. The van der Waals surface area contributed by atoms with Gasteiger partial charge in [-0.25, -0.2) is 4.98 Å². The van der Waals surface area contributed by atoms with Gasteiger partial charge in [-0.3, -0.25) is 9.79 Å². The summed E-state index contributed by atoms with van der Waals surface area (Å²) >= 11 is 7.49. The van der Waals surface area contributed by atoms with E-state index in [1.807, 2.05) is 42.5 Å². The van der Waals surface area contributed by atoms with Gasteiger partial charge in [-0.05, 0) is 35.9 Å². The summed E-state index contributed by atoms with van der Waals surface area (Å²) in [6.07, 6.45) is 3.25. The summed E-state index contributed by atoms with van der Waals surface area (Å²) in [5, 5.41) is 1.35. The second-order valence-electron chi connectivity index (χ2n) is 5.18. The van der Waals surface area contributed by atoms with E-state index in [0.29, 0.717) is 9.90 Å². The van der Waals surface area contributed by atoms with Crippen LogP contribution in [0.2, 0.25) is 5.02 Å². The molecule has 25 heavy (non-hydrogen) atoms. The number of aromatic nitrogens is 1. The Bertz CT molecular complexity index is 904. The lowest BCUT2D eigenvalue weighted by molar-refractivity contribution is 0.101. The molecule has 2 aromatic carbocycles. The van der Waals surface area contributed by atoms with E-state index in [0.717, 1.165) is 21.9 Å². The van der Waals surface area contributed by atoms with Crippen LogP contribution >= 0.6 is 22.9 Å². The highest BCUT2D eigenvalue weighted by molar-refractivity contribution is 7.17. The average molecular weight is 371 g/mol. The number of carbonyl (C=O) groups excluding carboxylic acids is 1. The SMILES string of the molecule is COc1ccc(C=NCC(=O)c2cnc(-c3ccccc3Cl)s2)cc1. The number of aliphatic imine (C=N–C) groups is 1. The Morgan fingerprint density at radius 3 is 2.72 bits per heavy atom. The standard InChI is InChI=1S/C19H15ClN2O2S/c1-24-14-8-6-13(7-9-14)10-21-11-17(23)18-12-22-19(25-18)15-4-2-3-5-16(15)20/h2-10,12H,11H2,1H3. The van der Waals surface area contributed by atoms with Crippen LogP contribution in [0.25, 0.3) is 10.6 Å². The molecular weight excluding hydrogens is 356 g/mol. The second-order valence-corrected chi connectivity index (χ2v) is 6.61. The molecule has 0 aliphatic heterocycles. The summed E-state index contributed by atoms with van der Waals surface area (Å²) in [4.78, 5) is 21.4. The Labute approximate surface area is 154 Å². The lowest BCUT2D eigenvalue weighted by atomic mass is 10.2. The Morgan fingerprint density at radius 2 is 2.00 bits per heavy atom. The number of ketones is 1. The maximum Gasteiger partial charge on any atom is 0.195 e. The minimum atomic E-state index is -0.0689. The first-order valence-corrected chi connectivity index (χ1v) is 8.74. The van der Waals surface area contributed by atoms with Crippen molar-refractivity contribution < 1.29 is 9.53 Å². The molecule has 0 amide bonds. The zero-order valence-electron chi connectivity index (χ0n) is 13.5. The largest absolute Gasteiger partial charge is 0.497 e. The molecule has 0 aliphatic carbocycles. The molecule has 3 rings (SSSR count). The number of Topliss-reactive ketones (excluding diaryl/α,β-unsaturated/α-hetero) is 1. The number of halogens is 1. The van der Waals surface area contributed by atoms with E-state index in [2.05, 4.69) is 9.98 Å². The third-order valence-corrected chi connectivity index (χ3v) is 4.88. The number of benzene rings is 2. The fourth-order valence-electron chi connectivity index (χ4n) is 2.16. The molecule has 1 aromatic heterocycles. The molecule has 0 unspecified atom stereocenters. The van der Waals surface area contributed by atoms with Crippen LogP contribution < -0.4 is 4.74 Å². The molecule has 3 aromatic rings. The molecule has 0 saturated heterocycles. The molecule has 6 heteroatoms. The average Bonchev–Trinajstić information content (AvgIpc) is 3.12. The van der Waals surface area contributed by atoms with Crippen LogP contribution in [0.4, 0.5) is 0 Å². The van der Waals surface area contributed by atoms with Gasteiger partial charge in [0, 0.05) is 18.0 Å². The molecular formula is C19H15ClN2O2S. The predicted molar refractivity (Wildman–Crippen MR) is 102 cm³/mol. The zero-order chi connectivity index (χ0) is 17.6. The van der Waals surface area contributed by atoms with E-state index in [1.165, 1.54) is 11.3 Å². The number of nitrogens with zero attached hydrogens (tertiary/aromatic N) is 2. The minimum Gasteiger partial charge on any atom is -0.497 e. The molecule has 0 fully saturated rings. The first-order valence-electron chi connectivity index (χ1n) is 7.55. The van der Waals surface area contributed by atoms with Gasteiger partial charge in [-0.1, -0.05) is 29.8 Å². The van der Waals surface area contributed by atoms with Gasteiger partial charge in [0.2, 0.25) is 0 Å². The quantitative estimate of drug-likeness (QED) is 0.463. The van der Waals surface area contributed by atoms with Crippen molar-refractivity contribution >= 4 is 34.9 Å². The molecule has 0 bridgehead atoms. The van der Waals surface area contributed by atoms with Gasteiger partial charge in [-0.2, -0.15) is 0 Å². The number of ether oxygens (including phenoxy) is 1. The van der Waals surface area contributed by atoms with Gasteiger partial charge in [0.1, 0.15) is 17.3 Å². The fraction of sp³-hybridized carbons (Fsp3) is 0.105. The number of hydrogen-bond acceptors (Lipinski definition) is 5. The fourth-order valence-corrected chi connectivity index (χ4v) is 3.33. The van der Waals surface area contributed by atoms with Crippen LogP contribution in [-0.4, -0.2) is 30.6 Å². The highest BCUT2D eigenvalue weighted by Crippen LogP contribution is 2.31. The molecule has 0 spiro atoms. The lowest BCUT2D eigenvalue weighted by Crippen LogP contribution is -2.01. The number of rotatable bonds is 6. The minimum absolute atomic E-state index is 0.0689. The van der Waals surface area contributed by atoms with Crippen molar-refractivity contribution in [2.45, 2.75) is 0 Å². The van der Waals surface area contributed by atoms with Gasteiger partial charge in [0.15, 0.2) is 5.78 Å². The van der Waals surface area contributed by atoms with Crippen molar-refractivity contribution in [2.24, 2.45) is 4.99 Å². The monoisotopic (exact) mass is 370 g/mol. The number of carbonyl (C=O) groups is 1. The van der Waals surface area contributed by atoms with Gasteiger partial charge in [0.05, 0.1) is 17.0 Å². The van der Waals surface area contributed by atoms with Gasteiger partial charge in [0.25, 0.3) is 0 Å². The van der Waals surface area contributed by atoms with Crippen LogP contribution in [-0.2, 0) is 0 Å². The highest BCUT2D eigenvalue weighted by Gasteiger charge is 2.12. The molecule has 0 radical (unpaired) electrons. The summed E-state index contributed by atoms with van der Waals surface area (Å²) in [6.45, 7) is 0.0795. The highest BCUT2D eigenvalue weighted by atomic mass is 35.5. The van der Waals surface area contributed by atoms with E-state index < -0.39 is 0 Å². The zero-order valence-corrected chi connectivity index (χ0v) is 15.1. The maximum atomic E-state index is 12.3. The summed E-state index contributed by atoms with van der Waals surface area (Å²) in [5.41, 5.74) is 1.74. The summed E-state index contributed by atoms with van der Waals surface area (Å²) in [6, 6.07) is 14.9. The van der Waals surface area contributed by atoms with Crippen LogP contribution in [0.1, 0.15) is 15.2 Å². The number of thiazole rings is 1. The Hall–Kier alpha value is -2.50. The Balaban J connectivity index is 1.65. The molecule has 4 nitrogen and oxygen atoms in total. The van der Waals surface area contributed by atoms with Crippen LogP contribution in [0.3, 0.4) is 0 Å². The Morgan fingerprint density at radius 1 is 1.24 bits per heavy atom. The first-order chi connectivity index (χ1) is 12.2. The van der Waals surface area contributed by atoms with Crippen molar-refractivity contribution in [3.05, 3.63) is 70.2 Å². The lowest BCUT2D eigenvalue weighted by Gasteiger charge is -1.99. The third-order valence-electron chi connectivity index (χ3n) is 3.48. The molecule has 0 saturated carbocycles. The van der Waals surface area contributed by atoms with Crippen molar-refractivity contribution in [2.75, 3.05) is 13.7 Å². The molecule has 0 atom stereocenters. The van der Waals surface area contributed by atoms with Crippen LogP contribution in [0.15, 0.2) is 59.7 Å². The van der Waals surface area contributed by atoms with Crippen molar-refractivity contribution in [1.29, 1.82) is 0 Å². The van der Waals surface area contributed by atoms with Crippen LogP contribution in [0.5, 0.6) is 5.75 Å². The smallest absolute Gasteiger partial charge is 0.195 e. The van der Waals surface area contributed by atoms with E-state index in [9.17, 15) is 4.79 Å². The number of methoxy groups -OCH3 is 1. The summed E-state index contributed by atoms with van der Waals surface area (Å²) in [7, 11) is 1.62. The molecule has 0 N–H and O–H groups in total. The molecule has 0 aliphatic rings. The summed E-state index contributed by atoms with van der Waals surface area (Å²) < 4.78 is 5.10.